The fourth-order valence-electron chi connectivity index (χ4n) is 3.59. The van der Waals surface area contributed by atoms with Gasteiger partial charge in [0.15, 0.2) is 0 Å². The first kappa shape index (κ1) is 14.4. The monoisotopic (exact) mass is 295 g/mol. The van der Waals surface area contributed by atoms with Crippen molar-refractivity contribution in [2.75, 3.05) is 20.3 Å². The van der Waals surface area contributed by atoms with Gasteiger partial charge in [-0.3, -0.25) is 0 Å². The van der Waals surface area contributed by atoms with E-state index in [1.165, 1.54) is 37.0 Å². The molecule has 2 heterocycles. The van der Waals surface area contributed by atoms with Gasteiger partial charge in [-0.15, -0.1) is 11.3 Å². The molecule has 1 aliphatic heterocycles. The van der Waals surface area contributed by atoms with Crippen molar-refractivity contribution in [1.29, 1.82) is 0 Å². The molecule has 0 aromatic carbocycles. The molecule has 1 aromatic rings. The third-order valence-corrected chi connectivity index (χ3v) is 5.82. The van der Waals surface area contributed by atoms with E-state index >= 15 is 0 Å². The van der Waals surface area contributed by atoms with Gasteiger partial charge in [-0.05, 0) is 50.6 Å². The Morgan fingerprint density at radius 3 is 3.00 bits per heavy atom. The van der Waals surface area contributed by atoms with E-state index in [1.807, 2.05) is 11.3 Å². The fraction of sp³-hybridized carbons (Fsp3) is 0.750. The van der Waals surface area contributed by atoms with Crippen LogP contribution in [-0.4, -0.2) is 25.9 Å². The van der Waals surface area contributed by atoms with Gasteiger partial charge in [0.2, 0.25) is 0 Å². The van der Waals surface area contributed by atoms with Crippen LogP contribution >= 0.6 is 11.3 Å². The average Bonchev–Trinajstić information content (AvgIpc) is 2.92. The highest BCUT2D eigenvalue weighted by molar-refractivity contribution is 7.10. The van der Waals surface area contributed by atoms with Crippen LogP contribution in [0, 0.1) is 5.92 Å². The zero-order valence-electron chi connectivity index (χ0n) is 12.5. The van der Waals surface area contributed by atoms with Gasteiger partial charge in [-0.2, -0.15) is 0 Å². The molecule has 2 unspecified atom stereocenters. The maximum absolute atomic E-state index is 6.07. The molecule has 3 nitrogen and oxygen atoms in total. The van der Waals surface area contributed by atoms with Crippen molar-refractivity contribution in [2.45, 2.75) is 50.7 Å². The van der Waals surface area contributed by atoms with Crippen LogP contribution in [0.15, 0.2) is 11.4 Å². The van der Waals surface area contributed by atoms with Crippen molar-refractivity contribution in [3.63, 3.8) is 0 Å². The lowest BCUT2D eigenvalue weighted by Crippen LogP contribution is -2.47. The summed E-state index contributed by atoms with van der Waals surface area (Å²) in [5.41, 5.74) is 0.220. The van der Waals surface area contributed by atoms with Gasteiger partial charge in [0.25, 0.3) is 0 Å². The molecule has 112 valence electrons. The molecule has 3 rings (SSSR count). The third kappa shape index (κ3) is 2.74. The summed E-state index contributed by atoms with van der Waals surface area (Å²) < 4.78 is 11.4. The summed E-state index contributed by atoms with van der Waals surface area (Å²) in [6, 6.07) is 2.65. The minimum Gasteiger partial charge on any atom is -0.496 e. The van der Waals surface area contributed by atoms with Crippen LogP contribution in [0.2, 0.25) is 0 Å². The summed E-state index contributed by atoms with van der Waals surface area (Å²) in [7, 11) is 1.74. The molecule has 2 fully saturated rings. The summed E-state index contributed by atoms with van der Waals surface area (Å²) >= 11 is 1.81. The Bertz CT molecular complexity index is 441. The summed E-state index contributed by atoms with van der Waals surface area (Å²) in [4.78, 5) is 1.41. The Labute approximate surface area is 125 Å². The maximum Gasteiger partial charge on any atom is 0.129 e. The Morgan fingerprint density at radius 1 is 1.55 bits per heavy atom. The van der Waals surface area contributed by atoms with Gasteiger partial charge in [0.1, 0.15) is 5.75 Å². The van der Waals surface area contributed by atoms with Gasteiger partial charge in [-0.25, -0.2) is 0 Å². The quantitative estimate of drug-likeness (QED) is 0.897. The second-order valence-corrected chi connectivity index (χ2v) is 7.00. The van der Waals surface area contributed by atoms with E-state index in [2.05, 4.69) is 23.7 Å². The van der Waals surface area contributed by atoms with Crippen LogP contribution in [0.25, 0.3) is 0 Å². The molecule has 2 aliphatic rings. The van der Waals surface area contributed by atoms with Crippen LogP contribution in [-0.2, 0) is 4.74 Å². The zero-order valence-corrected chi connectivity index (χ0v) is 13.3. The van der Waals surface area contributed by atoms with Gasteiger partial charge >= 0.3 is 0 Å². The van der Waals surface area contributed by atoms with E-state index in [1.54, 1.807) is 7.11 Å². The Morgan fingerprint density at radius 2 is 2.40 bits per heavy atom. The third-order valence-electron chi connectivity index (χ3n) is 4.83. The van der Waals surface area contributed by atoms with E-state index in [0.717, 1.165) is 18.9 Å². The predicted molar refractivity (Wildman–Crippen MR) is 82.5 cm³/mol. The van der Waals surface area contributed by atoms with Crippen LogP contribution < -0.4 is 10.1 Å². The molecular formula is C16H25NO2S. The molecule has 1 aliphatic carbocycles. The van der Waals surface area contributed by atoms with Crippen LogP contribution in [0.4, 0.5) is 0 Å². The molecule has 0 bridgehead atoms. The molecule has 0 radical (unpaired) electrons. The second-order valence-electron chi connectivity index (χ2n) is 6.06. The summed E-state index contributed by atoms with van der Waals surface area (Å²) in [6.07, 6.45) is 6.24. The molecule has 1 saturated carbocycles. The number of nitrogens with one attached hydrogen (secondary N) is 1. The van der Waals surface area contributed by atoms with Gasteiger partial charge in [-0.1, -0.05) is 6.92 Å². The number of hydrogen-bond acceptors (Lipinski definition) is 4. The SMILES string of the molecule is CCNC(c1cc(OC)cs1)C1CCOC2(CCC2)C1. The van der Waals surface area contributed by atoms with E-state index in [-0.39, 0.29) is 5.60 Å². The molecule has 20 heavy (non-hydrogen) atoms. The predicted octanol–water partition coefficient (Wildman–Crippen LogP) is 3.76. The van der Waals surface area contributed by atoms with Crippen LogP contribution in [0.5, 0.6) is 5.75 Å². The lowest BCUT2D eigenvalue weighted by molar-refractivity contribution is -0.147. The average molecular weight is 295 g/mol. The van der Waals surface area contributed by atoms with Crippen molar-refractivity contribution in [3.05, 3.63) is 16.3 Å². The zero-order chi connectivity index (χ0) is 14.0. The van der Waals surface area contributed by atoms with Gasteiger partial charge < -0.3 is 14.8 Å². The highest BCUT2D eigenvalue weighted by atomic mass is 32.1. The number of rotatable bonds is 5. The highest BCUT2D eigenvalue weighted by Gasteiger charge is 2.44. The van der Waals surface area contributed by atoms with E-state index in [9.17, 15) is 0 Å². The fourth-order valence-corrected chi connectivity index (χ4v) is 4.62. The number of ether oxygens (including phenoxy) is 2. The van der Waals surface area contributed by atoms with Crippen molar-refractivity contribution < 1.29 is 9.47 Å². The number of thiophene rings is 1. The van der Waals surface area contributed by atoms with Gasteiger partial charge in [0.05, 0.1) is 12.7 Å². The number of hydrogen-bond donors (Lipinski definition) is 1. The summed E-state index contributed by atoms with van der Waals surface area (Å²) in [6.45, 7) is 4.13. The molecule has 1 aromatic heterocycles. The maximum atomic E-state index is 6.07. The Hall–Kier alpha value is -0.580. The van der Waals surface area contributed by atoms with E-state index in [4.69, 9.17) is 9.47 Å². The molecular weight excluding hydrogens is 270 g/mol. The smallest absolute Gasteiger partial charge is 0.129 e. The van der Waals surface area contributed by atoms with Gasteiger partial charge in [0, 0.05) is 22.9 Å². The summed E-state index contributed by atoms with van der Waals surface area (Å²) in [5.74, 6) is 1.67. The highest BCUT2D eigenvalue weighted by Crippen LogP contribution is 2.47. The molecule has 1 saturated heterocycles. The van der Waals surface area contributed by atoms with Crippen LogP contribution in [0.1, 0.15) is 49.9 Å². The topological polar surface area (TPSA) is 30.5 Å². The second kappa shape index (κ2) is 6.04. The minimum atomic E-state index is 0.220. The lowest BCUT2D eigenvalue weighted by atomic mass is 9.70. The normalized spacial score (nSPS) is 26.2. The molecule has 0 amide bonds. The van der Waals surface area contributed by atoms with E-state index in [0.29, 0.717) is 12.0 Å². The van der Waals surface area contributed by atoms with Crippen molar-refractivity contribution >= 4 is 11.3 Å². The molecule has 4 heteroatoms. The van der Waals surface area contributed by atoms with Crippen molar-refractivity contribution in [1.82, 2.24) is 5.32 Å². The first-order valence-corrected chi connectivity index (χ1v) is 8.64. The first-order valence-electron chi connectivity index (χ1n) is 7.76. The van der Waals surface area contributed by atoms with Crippen LogP contribution in [0.3, 0.4) is 0 Å². The largest absolute Gasteiger partial charge is 0.496 e. The first-order chi connectivity index (χ1) is 9.76. The molecule has 1 N–H and O–H groups in total. The van der Waals surface area contributed by atoms with Crippen molar-refractivity contribution in [3.8, 4) is 5.75 Å². The Kier molecular flexibility index (Phi) is 4.34. The minimum absolute atomic E-state index is 0.220. The van der Waals surface area contributed by atoms with Crippen molar-refractivity contribution in [2.24, 2.45) is 5.92 Å². The Balaban J connectivity index is 1.75. The number of methoxy groups -OCH3 is 1. The lowest BCUT2D eigenvalue weighted by Gasteiger charge is -2.48. The standard InChI is InChI=1S/C16H25NO2S/c1-3-17-15(14-9-13(18-2)11-20-14)12-5-8-19-16(10-12)6-4-7-16/h9,11-12,15,17H,3-8,10H2,1-2H3. The van der Waals surface area contributed by atoms with E-state index < -0.39 is 0 Å². The molecule has 2 atom stereocenters. The molecule has 1 spiro atoms. The summed E-state index contributed by atoms with van der Waals surface area (Å²) in [5, 5.41) is 5.80.